The minimum atomic E-state index is -3.72. The molecule has 0 N–H and O–H groups in total. The zero-order valence-corrected chi connectivity index (χ0v) is 13.7. The summed E-state index contributed by atoms with van der Waals surface area (Å²) in [4.78, 5) is 4.18. The van der Waals surface area contributed by atoms with Crippen molar-refractivity contribution in [3.05, 3.63) is 58.6 Å². The van der Waals surface area contributed by atoms with E-state index in [1.54, 1.807) is 31.3 Å². The summed E-state index contributed by atoms with van der Waals surface area (Å²) < 4.78 is 39.9. The molecule has 0 atom stereocenters. The lowest BCUT2D eigenvalue weighted by atomic mass is 10.3. The van der Waals surface area contributed by atoms with Gasteiger partial charge in [-0.05, 0) is 46.3 Å². The fourth-order valence-electron chi connectivity index (χ4n) is 1.86. The lowest BCUT2D eigenvalue weighted by Crippen LogP contribution is -2.31. The predicted molar refractivity (Wildman–Crippen MR) is 81.6 cm³/mol. The highest BCUT2D eigenvalue weighted by Gasteiger charge is 2.26. The van der Waals surface area contributed by atoms with Crippen LogP contribution in [0.4, 0.5) is 4.39 Å². The summed E-state index contributed by atoms with van der Waals surface area (Å²) in [5.74, 6) is -0.492. The van der Waals surface area contributed by atoms with Crippen molar-refractivity contribution in [3.8, 4) is 0 Å². The minimum absolute atomic E-state index is 0.0432. The normalized spacial score (nSPS) is 11.8. The summed E-state index contributed by atoms with van der Waals surface area (Å²) in [5, 5.41) is 0. The van der Waals surface area contributed by atoms with Gasteiger partial charge in [0.15, 0.2) is 0 Å². The van der Waals surface area contributed by atoms with Crippen LogP contribution in [0, 0.1) is 5.82 Å². The second kappa shape index (κ2) is 6.64. The van der Waals surface area contributed by atoms with Crippen LogP contribution in [-0.4, -0.2) is 24.3 Å². The number of hydrogen-bond acceptors (Lipinski definition) is 3. The van der Waals surface area contributed by atoms with Crippen molar-refractivity contribution in [2.75, 3.05) is 6.54 Å². The molecule has 0 aliphatic rings. The average molecular weight is 373 g/mol. The molecule has 0 radical (unpaired) electrons. The predicted octanol–water partition coefficient (Wildman–Crippen LogP) is 3.19. The van der Waals surface area contributed by atoms with Crippen molar-refractivity contribution < 1.29 is 12.8 Å². The van der Waals surface area contributed by atoms with Gasteiger partial charge in [-0.3, -0.25) is 4.98 Å². The van der Waals surface area contributed by atoms with Crippen LogP contribution in [0.15, 0.2) is 52.0 Å². The molecule has 112 valence electrons. The van der Waals surface area contributed by atoms with Gasteiger partial charge in [0, 0.05) is 17.2 Å². The van der Waals surface area contributed by atoms with Gasteiger partial charge in [-0.2, -0.15) is 4.31 Å². The van der Waals surface area contributed by atoms with E-state index in [-0.39, 0.29) is 15.9 Å². The number of sulfonamides is 1. The Morgan fingerprint density at radius 3 is 2.62 bits per heavy atom. The zero-order chi connectivity index (χ0) is 15.5. The number of hydrogen-bond donors (Lipinski definition) is 0. The van der Waals surface area contributed by atoms with Gasteiger partial charge in [0.2, 0.25) is 10.0 Å². The first-order valence-electron chi connectivity index (χ1n) is 6.30. The maximum Gasteiger partial charge on any atom is 0.244 e. The fraction of sp³-hybridized carbons (Fsp3) is 0.214. The highest BCUT2D eigenvalue weighted by atomic mass is 79.9. The maximum absolute atomic E-state index is 13.1. The number of aromatic nitrogens is 1. The number of nitrogens with zero attached hydrogens (tertiary/aromatic N) is 2. The average Bonchev–Trinajstić information content (AvgIpc) is 2.45. The Morgan fingerprint density at radius 2 is 2.05 bits per heavy atom. The molecule has 0 fully saturated rings. The van der Waals surface area contributed by atoms with Gasteiger partial charge in [0.05, 0.1) is 17.1 Å². The second-order valence-corrected chi connectivity index (χ2v) is 7.09. The Labute approximate surface area is 131 Å². The number of pyridine rings is 1. The Bertz CT molecular complexity index is 723. The summed E-state index contributed by atoms with van der Waals surface area (Å²) >= 11 is 3.10. The number of benzene rings is 1. The molecular weight excluding hydrogens is 359 g/mol. The summed E-state index contributed by atoms with van der Waals surface area (Å²) in [7, 11) is -3.72. The molecule has 1 aromatic heterocycles. The van der Waals surface area contributed by atoms with E-state index >= 15 is 0 Å². The summed E-state index contributed by atoms with van der Waals surface area (Å²) in [6, 6.07) is 8.86. The molecule has 0 bridgehead atoms. The monoisotopic (exact) mass is 372 g/mol. The molecule has 1 aromatic carbocycles. The Morgan fingerprint density at radius 1 is 1.29 bits per heavy atom. The van der Waals surface area contributed by atoms with Gasteiger partial charge in [0.1, 0.15) is 5.82 Å². The molecule has 0 aliphatic heterocycles. The molecule has 0 saturated heterocycles. The molecular formula is C14H14BrFN2O2S. The number of rotatable bonds is 5. The van der Waals surface area contributed by atoms with E-state index in [0.717, 1.165) is 12.1 Å². The molecule has 0 saturated carbocycles. The van der Waals surface area contributed by atoms with Crippen LogP contribution < -0.4 is 0 Å². The summed E-state index contributed by atoms with van der Waals surface area (Å²) in [6.07, 6.45) is 1.61. The van der Waals surface area contributed by atoms with Crippen LogP contribution in [0.1, 0.15) is 12.6 Å². The van der Waals surface area contributed by atoms with Gasteiger partial charge >= 0.3 is 0 Å². The van der Waals surface area contributed by atoms with Crippen molar-refractivity contribution in [1.29, 1.82) is 0 Å². The molecule has 2 aromatic rings. The molecule has 0 spiro atoms. The van der Waals surface area contributed by atoms with Crippen molar-refractivity contribution in [2.45, 2.75) is 18.4 Å². The third-order valence-electron chi connectivity index (χ3n) is 2.93. The second-order valence-electron chi connectivity index (χ2n) is 4.33. The van der Waals surface area contributed by atoms with Gasteiger partial charge in [-0.1, -0.05) is 13.0 Å². The highest BCUT2D eigenvalue weighted by molar-refractivity contribution is 9.10. The van der Waals surface area contributed by atoms with E-state index in [0.29, 0.717) is 12.2 Å². The highest BCUT2D eigenvalue weighted by Crippen LogP contribution is 2.26. The van der Waals surface area contributed by atoms with Crippen molar-refractivity contribution in [1.82, 2.24) is 9.29 Å². The molecule has 21 heavy (non-hydrogen) atoms. The quantitative estimate of drug-likeness (QED) is 0.809. The molecule has 0 aliphatic carbocycles. The molecule has 2 rings (SSSR count). The maximum atomic E-state index is 13.1. The van der Waals surface area contributed by atoms with Gasteiger partial charge in [-0.25, -0.2) is 12.8 Å². The van der Waals surface area contributed by atoms with Crippen LogP contribution in [0.25, 0.3) is 0 Å². The lowest BCUT2D eigenvalue weighted by molar-refractivity contribution is 0.418. The molecule has 0 unspecified atom stereocenters. The van der Waals surface area contributed by atoms with E-state index in [9.17, 15) is 12.8 Å². The van der Waals surface area contributed by atoms with Crippen LogP contribution >= 0.6 is 15.9 Å². The van der Waals surface area contributed by atoms with Gasteiger partial charge in [-0.15, -0.1) is 0 Å². The standard InChI is InChI=1S/C14H14BrFN2O2S/c1-2-18(10-12-5-3-4-8-17-12)21(19,20)14-7-6-11(16)9-13(14)15/h3-9H,2,10H2,1H3. The first-order valence-corrected chi connectivity index (χ1v) is 8.53. The van der Waals surface area contributed by atoms with Crippen LogP contribution in [0.5, 0.6) is 0 Å². The fourth-order valence-corrected chi connectivity index (χ4v) is 4.29. The number of halogens is 2. The molecule has 4 nitrogen and oxygen atoms in total. The molecule has 0 amide bonds. The summed E-state index contributed by atoms with van der Waals surface area (Å²) in [5.41, 5.74) is 0.654. The third-order valence-corrected chi connectivity index (χ3v) is 5.83. The summed E-state index contributed by atoms with van der Waals surface area (Å²) in [6.45, 7) is 2.21. The topological polar surface area (TPSA) is 50.3 Å². The van der Waals surface area contributed by atoms with E-state index < -0.39 is 15.8 Å². The van der Waals surface area contributed by atoms with Crippen LogP contribution in [0.2, 0.25) is 0 Å². The lowest BCUT2D eigenvalue weighted by Gasteiger charge is -2.20. The Kier molecular flexibility index (Phi) is 5.08. The smallest absolute Gasteiger partial charge is 0.244 e. The molecule has 7 heteroatoms. The third kappa shape index (κ3) is 3.66. The SMILES string of the molecule is CCN(Cc1ccccn1)S(=O)(=O)c1ccc(F)cc1Br. The van der Waals surface area contributed by atoms with Crippen molar-refractivity contribution >= 4 is 26.0 Å². The Hall–Kier alpha value is -1.31. The van der Waals surface area contributed by atoms with Crippen LogP contribution in [-0.2, 0) is 16.6 Å². The van der Waals surface area contributed by atoms with Crippen LogP contribution in [0.3, 0.4) is 0 Å². The van der Waals surface area contributed by atoms with Crippen molar-refractivity contribution in [3.63, 3.8) is 0 Å². The Balaban J connectivity index is 2.36. The van der Waals surface area contributed by atoms with Crippen molar-refractivity contribution in [2.24, 2.45) is 0 Å². The van der Waals surface area contributed by atoms with E-state index in [2.05, 4.69) is 20.9 Å². The van der Waals surface area contributed by atoms with E-state index in [1.807, 2.05) is 0 Å². The zero-order valence-electron chi connectivity index (χ0n) is 11.3. The first-order chi connectivity index (χ1) is 9.95. The van der Waals surface area contributed by atoms with Gasteiger partial charge in [0.25, 0.3) is 0 Å². The van der Waals surface area contributed by atoms with E-state index in [1.165, 1.54) is 10.4 Å². The molecule has 1 heterocycles. The largest absolute Gasteiger partial charge is 0.260 e. The van der Waals surface area contributed by atoms with E-state index in [4.69, 9.17) is 0 Å². The minimum Gasteiger partial charge on any atom is -0.260 e. The van der Waals surface area contributed by atoms with Gasteiger partial charge < -0.3 is 0 Å². The first kappa shape index (κ1) is 16.1.